The second-order valence-electron chi connectivity index (χ2n) is 7.51. The van der Waals surface area contributed by atoms with Crippen molar-refractivity contribution in [2.24, 2.45) is 5.41 Å². The first-order valence-corrected chi connectivity index (χ1v) is 8.66. The minimum atomic E-state index is 0.764. The Balaban J connectivity index is 1.28. The van der Waals surface area contributed by atoms with Gasteiger partial charge in [-0.15, -0.1) is 0 Å². The first-order chi connectivity index (χ1) is 9.85. The normalized spacial score (nSPS) is 32.6. The van der Waals surface area contributed by atoms with Crippen LogP contribution in [0.15, 0.2) is 30.3 Å². The molecule has 3 fully saturated rings. The van der Waals surface area contributed by atoms with E-state index in [1.807, 2.05) is 0 Å². The van der Waals surface area contributed by atoms with Gasteiger partial charge in [0.25, 0.3) is 0 Å². The molecule has 0 heterocycles. The van der Waals surface area contributed by atoms with Gasteiger partial charge in [0, 0.05) is 18.0 Å². The van der Waals surface area contributed by atoms with Crippen LogP contribution < -0.4 is 5.32 Å². The molecule has 0 amide bonds. The van der Waals surface area contributed by atoms with Crippen LogP contribution in [0, 0.1) is 5.41 Å². The lowest BCUT2D eigenvalue weighted by atomic mass is 9.71. The minimum absolute atomic E-state index is 0.764. The summed E-state index contributed by atoms with van der Waals surface area (Å²) in [4.78, 5) is 0. The minimum Gasteiger partial charge on any atom is -0.311 e. The Morgan fingerprint density at radius 1 is 0.900 bits per heavy atom. The first kappa shape index (κ1) is 12.9. The number of nitrogens with one attached hydrogen (secondary N) is 1. The predicted octanol–water partition coefficient (Wildman–Crippen LogP) is 4.64. The van der Waals surface area contributed by atoms with Crippen LogP contribution in [-0.4, -0.2) is 12.1 Å². The average molecular weight is 269 g/mol. The van der Waals surface area contributed by atoms with Gasteiger partial charge in [-0.3, -0.25) is 0 Å². The maximum absolute atomic E-state index is 3.95. The van der Waals surface area contributed by atoms with Crippen LogP contribution >= 0.6 is 0 Å². The zero-order valence-corrected chi connectivity index (χ0v) is 12.5. The Morgan fingerprint density at radius 2 is 1.60 bits per heavy atom. The molecule has 108 valence electrons. The van der Waals surface area contributed by atoms with Crippen molar-refractivity contribution in [3.8, 4) is 0 Å². The highest BCUT2D eigenvalue weighted by molar-refractivity contribution is 5.27. The van der Waals surface area contributed by atoms with Crippen LogP contribution in [0.3, 0.4) is 0 Å². The van der Waals surface area contributed by atoms with Gasteiger partial charge < -0.3 is 5.32 Å². The third kappa shape index (κ3) is 2.53. The maximum atomic E-state index is 3.95. The van der Waals surface area contributed by atoms with Crippen molar-refractivity contribution in [3.63, 3.8) is 0 Å². The number of rotatable bonds is 3. The molecule has 3 aliphatic carbocycles. The molecule has 0 aliphatic heterocycles. The van der Waals surface area contributed by atoms with Crippen LogP contribution in [-0.2, 0) is 0 Å². The molecule has 2 atom stereocenters. The molecule has 1 aromatic carbocycles. The zero-order valence-electron chi connectivity index (χ0n) is 12.5. The van der Waals surface area contributed by atoms with Gasteiger partial charge in [-0.1, -0.05) is 43.2 Å². The first-order valence-electron chi connectivity index (χ1n) is 8.66. The summed E-state index contributed by atoms with van der Waals surface area (Å²) >= 11 is 0. The molecule has 0 bridgehead atoms. The van der Waals surface area contributed by atoms with E-state index < -0.39 is 0 Å². The summed E-state index contributed by atoms with van der Waals surface area (Å²) in [5, 5.41) is 3.95. The Kier molecular flexibility index (Phi) is 3.34. The van der Waals surface area contributed by atoms with E-state index in [4.69, 9.17) is 0 Å². The van der Waals surface area contributed by atoms with Crippen LogP contribution in [0.2, 0.25) is 0 Å². The Bertz CT molecular complexity index is 436. The van der Waals surface area contributed by atoms with E-state index in [0.717, 1.165) is 23.4 Å². The van der Waals surface area contributed by atoms with Gasteiger partial charge in [-0.2, -0.15) is 0 Å². The van der Waals surface area contributed by atoms with Gasteiger partial charge >= 0.3 is 0 Å². The summed E-state index contributed by atoms with van der Waals surface area (Å²) in [6.07, 6.45) is 13.2. The van der Waals surface area contributed by atoms with Crippen LogP contribution in [0.1, 0.15) is 69.3 Å². The topological polar surface area (TPSA) is 12.0 Å². The Labute approximate surface area is 123 Å². The Hall–Kier alpha value is -0.820. The molecule has 20 heavy (non-hydrogen) atoms. The van der Waals surface area contributed by atoms with Gasteiger partial charge in [0.1, 0.15) is 0 Å². The summed E-state index contributed by atoms with van der Waals surface area (Å²) in [7, 11) is 0. The van der Waals surface area contributed by atoms with E-state index in [1.54, 1.807) is 0 Å². The fourth-order valence-electron chi connectivity index (χ4n) is 4.77. The maximum Gasteiger partial charge on any atom is 0.0145 e. The molecule has 3 aliphatic rings. The summed E-state index contributed by atoms with van der Waals surface area (Å²) in [5.41, 5.74) is 2.31. The van der Waals surface area contributed by atoms with Crippen molar-refractivity contribution in [1.82, 2.24) is 5.32 Å². The predicted molar refractivity (Wildman–Crippen MR) is 83.9 cm³/mol. The van der Waals surface area contributed by atoms with E-state index in [0.29, 0.717) is 0 Å². The average Bonchev–Trinajstić information content (AvgIpc) is 3.12. The monoisotopic (exact) mass is 269 g/mol. The van der Waals surface area contributed by atoms with Crippen molar-refractivity contribution >= 4 is 0 Å². The highest BCUT2D eigenvalue weighted by Crippen LogP contribution is 2.49. The lowest BCUT2D eigenvalue weighted by molar-refractivity contribution is 0.167. The van der Waals surface area contributed by atoms with E-state index >= 15 is 0 Å². The number of hydrogen-bond donors (Lipinski definition) is 1. The summed E-state index contributed by atoms with van der Waals surface area (Å²) in [6.45, 7) is 0. The fourth-order valence-corrected chi connectivity index (χ4v) is 4.77. The van der Waals surface area contributed by atoms with Crippen LogP contribution in [0.25, 0.3) is 0 Å². The lowest BCUT2D eigenvalue weighted by Crippen LogP contribution is -2.38. The van der Waals surface area contributed by atoms with E-state index in [9.17, 15) is 0 Å². The Morgan fingerprint density at radius 3 is 2.30 bits per heavy atom. The molecule has 1 nitrogen and oxygen atoms in total. The molecule has 3 saturated carbocycles. The van der Waals surface area contributed by atoms with Gasteiger partial charge in [0.05, 0.1) is 0 Å². The molecule has 1 aromatic rings. The summed E-state index contributed by atoms with van der Waals surface area (Å²) < 4.78 is 0. The number of hydrogen-bond acceptors (Lipinski definition) is 1. The van der Waals surface area contributed by atoms with E-state index in [1.165, 1.54) is 63.4 Å². The van der Waals surface area contributed by atoms with Crippen molar-refractivity contribution in [2.75, 3.05) is 0 Å². The second-order valence-corrected chi connectivity index (χ2v) is 7.51. The van der Waals surface area contributed by atoms with Crippen molar-refractivity contribution in [1.29, 1.82) is 0 Å². The highest BCUT2D eigenvalue weighted by Gasteiger charge is 2.42. The van der Waals surface area contributed by atoms with Crippen LogP contribution in [0.5, 0.6) is 0 Å². The van der Waals surface area contributed by atoms with Crippen LogP contribution in [0.4, 0.5) is 0 Å². The standard InChI is InChI=1S/C19H27N/c1-2-6-15(7-3-1)17-14-18(17)20-16-8-12-19(13-9-16)10-4-5-11-19/h1-3,6-7,16-18,20H,4-5,8-14H2. The molecule has 1 heteroatoms. The molecule has 1 spiro atoms. The summed E-state index contributed by atoms with van der Waals surface area (Å²) in [6, 6.07) is 12.6. The molecular formula is C19H27N. The second kappa shape index (κ2) is 5.18. The van der Waals surface area contributed by atoms with Crippen molar-refractivity contribution < 1.29 is 0 Å². The molecule has 0 aromatic heterocycles. The third-order valence-corrected chi connectivity index (χ3v) is 6.18. The molecule has 0 radical (unpaired) electrons. The van der Waals surface area contributed by atoms with Gasteiger partial charge in [-0.25, -0.2) is 0 Å². The molecule has 1 N–H and O–H groups in total. The zero-order chi connectivity index (χ0) is 13.4. The molecule has 4 rings (SSSR count). The fraction of sp³-hybridized carbons (Fsp3) is 0.684. The van der Waals surface area contributed by atoms with Gasteiger partial charge in [0.15, 0.2) is 0 Å². The number of benzene rings is 1. The van der Waals surface area contributed by atoms with Crippen molar-refractivity contribution in [2.45, 2.75) is 75.8 Å². The summed E-state index contributed by atoms with van der Waals surface area (Å²) in [5.74, 6) is 0.790. The molecule has 0 saturated heterocycles. The quantitative estimate of drug-likeness (QED) is 0.843. The smallest absolute Gasteiger partial charge is 0.0145 e. The van der Waals surface area contributed by atoms with E-state index in [2.05, 4.69) is 35.6 Å². The third-order valence-electron chi connectivity index (χ3n) is 6.18. The van der Waals surface area contributed by atoms with E-state index in [-0.39, 0.29) is 0 Å². The SMILES string of the molecule is c1ccc(C2CC2NC2CCC3(CCCC3)CC2)cc1. The van der Waals surface area contributed by atoms with Crippen molar-refractivity contribution in [3.05, 3.63) is 35.9 Å². The molecular weight excluding hydrogens is 242 g/mol. The highest BCUT2D eigenvalue weighted by atomic mass is 15.0. The van der Waals surface area contributed by atoms with Gasteiger partial charge in [0.2, 0.25) is 0 Å². The lowest BCUT2D eigenvalue weighted by Gasteiger charge is -2.37. The molecule has 2 unspecified atom stereocenters. The largest absolute Gasteiger partial charge is 0.311 e. The van der Waals surface area contributed by atoms with Gasteiger partial charge in [-0.05, 0) is 55.9 Å².